The summed E-state index contributed by atoms with van der Waals surface area (Å²) < 4.78 is 30.0. The van der Waals surface area contributed by atoms with Gasteiger partial charge in [0.1, 0.15) is 4.90 Å². The van der Waals surface area contributed by atoms with E-state index in [0.717, 1.165) is 5.69 Å². The molecule has 21 heavy (non-hydrogen) atoms. The van der Waals surface area contributed by atoms with E-state index in [1.807, 2.05) is 18.5 Å². The normalized spacial score (nSPS) is 11.6. The Morgan fingerprint density at radius 1 is 1.43 bits per heavy atom. The van der Waals surface area contributed by atoms with Gasteiger partial charge >= 0.3 is 0 Å². The lowest BCUT2D eigenvalue weighted by molar-refractivity contribution is 0.600. The Kier molecular flexibility index (Phi) is 5.02. The molecule has 0 fully saturated rings. The molecule has 0 aromatic carbocycles. The first-order valence-corrected chi connectivity index (χ1v) is 8.71. The van der Waals surface area contributed by atoms with Crippen molar-refractivity contribution in [1.29, 1.82) is 0 Å². The van der Waals surface area contributed by atoms with Crippen LogP contribution < -0.4 is 10.0 Å². The number of halogens is 1. The number of hydrogen-bond donors (Lipinski definition) is 2. The highest BCUT2D eigenvalue weighted by atomic mass is 79.9. The molecule has 114 valence electrons. The lowest BCUT2D eigenvalue weighted by atomic mass is 10.4. The first-order valence-electron chi connectivity index (χ1n) is 6.44. The fourth-order valence-electron chi connectivity index (χ4n) is 1.96. The summed E-state index contributed by atoms with van der Waals surface area (Å²) >= 11 is 3.28. The van der Waals surface area contributed by atoms with Crippen molar-refractivity contribution in [1.82, 2.24) is 14.9 Å². The summed E-state index contributed by atoms with van der Waals surface area (Å²) in [4.78, 5) is 4.16. The van der Waals surface area contributed by atoms with Crippen molar-refractivity contribution >= 4 is 31.6 Å². The van der Waals surface area contributed by atoms with Gasteiger partial charge in [0.2, 0.25) is 0 Å². The van der Waals surface area contributed by atoms with Crippen LogP contribution in [0.3, 0.4) is 0 Å². The predicted octanol–water partition coefficient (Wildman–Crippen LogP) is 2.19. The number of aryl methyl sites for hydroxylation is 1. The number of hydrogen-bond acceptors (Lipinski definition) is 4. The fourth-order valence-corrected chi connectivity index (χ4v) is 3.58. The summed E-state index contributed by atoms with van der Waals surface area (Å²) in [5.41, 5.74) is 1.39. The topological polar surface area (TPSA) is 76.0 Å². The quantitative estimate of drug-likeness (QED) is 0.814. The van der Waals surface area contributed by atoms with Gasteiger partial charge in [-0.25, -0.2) is 8.42 Å². The van der Waals surface area contributed by atoms with Crippen LogP contribution in [-0.4, -0.2) is 25.0 Å². The summed E-state index contributed by atoms with van der Waals surface area (Å²) in [6.45, 7) is 3.30. The first-order chi connectivity index (χ1) is 9.97. The van der Waals surface area contributed by atoms with Gasteiger partial charge < -0.3 is 9.88 Å². The molecule has 2 N–H and O–H groups in total. The van der Waals surface area contributed by atoms with Crippen LogP contribution in [0.5, 0.6) is 0 Å². The molecule has 2 heterocycles. The average Bonchev–Trinajstić information content (AvgIpc) is 2.86. The van der Waals surface area contributed by atoms with Crippen LogP contribution in [0.1, 0.15) is 12.6 Å². The molecule has 2 aromatic rings. The van der Waals surface area contributed by atoms with Gasteiger partial charge in [0.05, 0.1) is 10.2 Å². The standard InChI is InChI=1S/C13H17BrN4O2S/c1-3-18-9-11(6-10(18)7-15-2)21(19,20)17-13-4-5-16-8-12(13)14/h4-6,8-9,15H,3,7H2,1-2H3,(H,16,17). The monoisotopic (exact) mass is 372 g/mol. The number of sulfonamides is 1. The van der Waals surface area contributed by atoms with Gasteiger partial charge in [0.15, 0.2) is 0 Å². The van der Waals surface area contributed by atoms with E-state index in [9.17, 15) is 8.42 Å². The van der Waals surface area contributed by atoms with Crippen molar-refractivity contribution in [2.75, 3.05) is 11.8 Å². The Labute approximate surface area is 132 Å². The number of nitrogens with one attached hydrogen (secondary N) is 2. The molecule has 2 rings (SSSR count). The van der Waals surface area contributed by atoms with Crippen molar-refractivity contribution in [3.8, 4) is 0 Å². The maximum atomic E-state index is 12.5. The van der Waals surface area contributed by atoms with Crippen molar-refractivity contribution in [3.05, 3.63) is 40.9 Å². The summed E-state index contributed by atoms with van der Waals surface area (Å²) in [7, 11) is -1.80. The van der Waals surface area contributed by atoms with E-state index >= 15 is 0 Å². The smallest absolute Gasteiger partial charge is 0.263 e. The second-order valence-corrected chi connectivity index (χ2v) is 6.98. The Morgan fingerprint density at radius 3 is 2.81 bits per heavy atom. The molecule has 0 saturated carbocycles. The number of pyridine rings is 1. The molecule has 0 aliphatic heterocycles. The second kappa shape index (κ2) is 6.59. The lowest BCUT2D eigenvalue weighted by Crippen LogP contribution is -2.12. The third-order valence-corrected chi connectivity index (χ3v) is 4.95. The molecule has 0 unspecified atom stereocenters. The van der Waals surface area contributed by atoms with E-state index in [0.29, 0.717) is 23.2 Å². The molecule has 0 saturated heterocycles. The van der Waals surface area contributed by atoms with Gasteiger partial charge in [-0.05, 0) is 42.0 Å². The Morgan fingerprint density at radius 2 is 2.19 bits per heavy atom. The minimum atomic E-state index is -3.62. The van der Waals surface area contributed by atoms with Crippen LogP contribution >= 0.6 is 15.9 Å². The summed E-state index contributed by atoms with van der Waals surface area (Å²) in [6.07, 6.45) is 4.72. The van der Waals surface area contributed by atoms with E-state index in [-0.39, 0.29) is 4.90 Å². The zero-order chi connectivity index (χ0) is 15.5. The van der Waals surface area contributed by atoms with Crippen molar-refractivity contribution in [3.63, 3.8) is 0 Å². The fraction of sp³-hybridized carbons (Fsp3) is 0.308. The molecule has 0 aliphatic rings. The average molecular weight is 373 g/mol. The number of anilines is 1. The maximum Gasteiger partial charge on any atom is 0.263 e. The molecule has 0 radical (unpaired) electrons. The molecule has 8 heteroatoms. The van der Waals surface area contributed by atoms with Crippen LogP contribution in [-0.2, 0) is 23.1 Å². The number of nitrogens with zero attached hydrogens (tertiary/aromatic N) is 2. The van der Waals surface area contributed by atoms with E-state index in [1.54, 1.807) is 24.5 Å². The molecule has 0 amide bonds. The highest BCUT2D eigenvalue weighted by Crippen LogP contribution is 2.24. The Balaban J connectivity index is 2.34. The third kappa shape index (κ3) is 3.63. The van der Waals surface area contributed by atoms with Gasteiger partial charge in [-0.2, -0.15) is 0 Å². The van der Waals surface area contributed by atoms with Gasteiger partial charge in [0.25, 0.3) is 10.0 Å². The first kappa shape index (κ1) is 16.0. The predicted molar refractivity (Wildman–Crippen MR) is 85.6 cm³/mol. The summed E-state index contributed by atoms with van der Waals surface area (Å²) in [6, 6.07) is 3.28. The van der Waals surface area contributed by atoms with E-state index in [1.165, 1.54) is 6.20 Å². The molecule has 6 nitrogen and oxygen atoms in total. The highest BCUT2D eigenvalue weighted by Gasteiger charge is 2.19. The molecule has 0 spiro atoms. The third-order valence-electron chi connectivity index (χ3n) is 2.99. The SMILES string of the molecule is CCn1cc(S(=O)(=O)Nc2ccncc2Br)cc1CNC. The van der Waals surface area contributed by atoms with Crippen molar-refractivity contribution in [2.45, 2.75) is 24.9 Å². The highest BCUT2D eigenvalue weighted by molar-refractivity contribution is 9.10. The van der Waals surface area contributed by atoms with Crippen LogP contribution in [0.25, 0.3) is 0 Å². The van der Waals surface area contributed by atoms with E-state index in [2.05, 4.69) is 31.0 Å². The molecule has 0 atom stereocenters. The summed E-state index contributed by atoms with van der Waals surface area (Å²) in [5.74, 6) is 0. The molecular formula is C13H17BrN4O2S. The molecule has 2 aromatic heterocycles. The molecule has 0 bridgehead atoms. The molecular weight excluding hydrogens is 356 g/mol. The number of aromatic nitrogens is 2. The summed E-state index contributed by atoms with van der Waals surface area (Å²) in [5, 5.41) is 3.03. The van der Waals surface area contributed by atoms with Gasteiger partial charge in [-0.3, -0.25) is 9.71 Å². The molecule has 0 aliphatic carbocycles. The largest absolute Gasteiger partial charge is 0.349 e. The van der Waals surface area contributed by atoms with Gasteiger partial charge in [-0.15, -0.1) is 0 Å². The zero-order valence-corrected chi connectivity index (χ0v) is 14.2. The van der Waals surface area contributed by atoms with Gasteiger partial charge in [0, 0.05) is 37.4 Å². The van der Waals surface area contributed by atoms with Crippen LogP contribution in [0.15, 0.2) is 40.1 Å². The van der Waals surface area contributed by atoms with E-state index in [4.69, 9.17) is 0 Å². The second-order valence-electron chi connectivity index (χ2n) is 4.44. The Bertz CT molecular complexity index is 728. The van der Waals surface area contributed by atoms with Crippen LogP contribution in [0.4, 0.5) is 5.69 Å². The lowest BCUT2D eigenvalue weighted by Gasteiger charge is -2.07. The van der Waals surface area contributed by atoms with Crippen LogP contribution in [0.2, 0.25) is 0 Å². The maximum absolute atomic E-state index is 12.5. The van der Waals surface area contributed by atoms with Crippen LogP contribution in [0, 0.1) is 0 Å². The van der Waals surface area contributed by atoms with E-state index < -0.39 is 10.0 Å². The van der Waals surface area contributed by atoms with Crippen molar-refractivity contribution < 1.29 is 8.42 Å². The Hall–Kier alpha value is -1.38. The van der Waals surface area contributed by atoms with Crippen molar-refractivity contribution in [2.24, 2.45) is 0 Å². The number of rotatable bonds is 6. The van der Waals surface area contributed by atoms with Gasteiger partial charge in [-0.1, -0.05) is 0 Å². The zero-order valence-electron chi connectivity index (χ0n) is 11.8. The minimum Gasteiger partial charge on any atom is -0.349 e. The minimum absolute atomic E-state index is 0.248.